The predicted octanol–water partition coefficient (Wildman–Crippen LogP) is 0.127. The maximum atomic E-state index is 14.1. The number of Topliss-reactive ketones (excluding diaryl/α,β-unsaturated/α-hetero) is 1. The zero-order chi connectivity index (χ0) is 29.4. The molecule has 40 heavy (non-hydrogen) atoms. The molecule has 0 aromatic heterocycles. The van der Waals surface area contributed by atoms with Crippen molar-refractivity contribution in [2.24, 2.45) is 39.9 Å². The van der Waals surface area contributed by atoms with Crippen LogP contribution >= 0.6 is 0 Å². The van der Waals surface area contributed by atoms with Gasteiger partial charge in [0, 0.05) is 31.5 Å². The SMILES string of the molecule is CNC(=O)C(=O)[C@H](C[C@@H]1CCNC1=O)NC(=O)[C@@H]1[C@@H]2[C@H](CN1C(=O)[C@@H](NC(=O)C13CC(C1)C3)C(C)(C)C)C2(C)C. The first kappa shape index (κ1) is 28.5. The molecule has 2 aliphatic heterocycles. The molecule has 4 N–H and O–H groups in total. The summed E-state index contributed by atoms with van der Waals surface area (Å²) in [6, 6.07) is -2.85. The molecule has 0 aromatic carbocycles. The Bertz CT molecular complexity index is 1140. The van der Waals surface area contributed by atoms with Crippen LogP contribution in [0.2, 0.25) is 0 Å². The zero-order valence-corrected chi connectivity index (χ0v) is 24.4. The maximum absolute atomic E-state index is 14.1. The van der Waals surface area contributed by atoms with Gasteiger partial charge < -0.3 is 26.2 Å². The van der Waals surface area contributed by atoms with Gasteiger partial charge in [0.1, 0.15) is 12.1 Å². The monoisotopic (exact) mass is 557 g/mol. The second kappa shape index (κ2) is 9.55. The van der Waals surface area contributed by atoms with E-state index in [-0.39, 0.29) is 46.8 Å². The third-order valence-corrected chi connectivity index (χ3v) is 10.4. The lowest BCUT2D eigenvalue weighted by Crippen LogP contribution is -2.66. The van der Waals surface area contributed by atoms with Crippen molar-refractivity contribution < 1.29 is 28.8 Å². The number of amides is 5. The Kier molecular flexibility index (Phi) is 6.81. The molecule has 0 aromatic rings. The van der Waals surface area contributed by atoms with Crippen LogP contribution in [-0.4, -0.2) is 78.5 Å². The normalized spacial score (nSPS) is 34.3. The van der Waals surface area contributed by atoms with Gasteiger partial charge in [-0.25, -0.2) is 0 Å². The Morgan fingerprint density at radius 1 is 1.07 bits per heavy atom. The van der Waals surface area contributed by atoms with Crippen molar-refractivity contribution in [3.05, 3.63) is 0 Å². The third kappa shape index (κ3) is 4.59. The number of likely N-dealkylation sites (N-methyl/N-ethyl adjacent to an activating group) is 1. The minimum Gasteiger partial charge on any atom is -0.356 e. The van der Waals surface area contributed by atoms with Crippen molar-refractivity contribution in [3.63, 3.8) is 0 Å². The second-order valence-electron chi connectivity index (χ2n) is 14.4. The number of fused-ring (bicyclic) bond motifs is 1. The molecule has 6 atom stereocenters. The molecule has 0 unspecified atom stereocenters. The Morgan fingerprint density at radius 2 is 1.73 bits per heavy atom. The topological polar surface area (TPSA) is 154 Å². The molecule has 0 spiro atoms. The fourth-order valence-corrected chi connectivity index (χ4v) is 7.59. The van der Waals surface area contributed by atoms with E-state index in [4.69, 9.17) is 0 Å². The van der Waals surface area contributed by atoms with Crippen molar-refractivity contribution in [3.8, 4) is 0 Å². The van der Waals surface area contributed by atoms with Gasteiger partial charge in [0.05, 0.1) is 6.04 Å². The summed E-state index contributed by atoms with van der Waals surface area (Å²) in [5.74, 6) is -2.67. The van der Waals surface area contributed by atoms with E-state index in [9.17, 15) is 28.8 Å². The molecule has 11 heteroatoms. The van der Waals surface area contributed by atoms with Gasteiger partial charge in [0.2, 0.25) is 29.4 Å². The minimum atomic E-state index is -1.19. The van der Waals surface area contributed by atoms with Crippen LogP contribution in [0.5, 0.6) is 0 Å². The van der Waals surface area contributed by atoms with Crippen molar-refractivity contribution >= 4 is 35.3 Å². The van der Waals surface area contributed by atoms with Crippen LogP contribution in [0.1, 0.15) is 66.7 Å². The van der Waals surface area contributed by atoms with E-state index in [0.29, 0.717) is 25.4 Å². The van der Waals surface area contributed by atoms with Gasteiger partial charge in [-0.1, -0.05) is 34.6 Å². The van der Waals surface area contributed by atoms with Gasteiger partial charge >= 0.3 is 0 Å². The van der Waals surface area contributed by atoms with Crippen LogP contribution in [0.15, 0.2) is 0 Å². The standard InChI is InChI=1S/C29H43N5O6/c1-27(2,3)21(33-26(40)29-10-14(11-29)12-29)25(39)34-13-16-18(28(16,4)5)19(34)23(37)32-17(20(35)24(38)30-6)9-15-7-8-31-22(15)36/h14-19,21H,7-13H2,1-6H3,(H,30,38)(H,31,36)(H,32,37)(H,33,40)/t14?,15-,16-,17-,18-,19-,21+,29?/m0/s1. The number of nitrogens with one attached hydrogen (secondary N) is 4. The number of hydrogen-bond acceptors (Lipinski definition) is 6. The largest absolute Gasteiger partial charge is 0.356 e. The van der Waals surface area contributed by atoms with Gasteiger partial charge in [0.25, 0.3) is 5.91 Å². The Labute approximate surface area is 235 Å². The second-order valence-corrected chi connectivity index (χ2v) is 14.4. The van der Waals surface area contributed by atoms with Crippen molar-refractivity contribution in [2.45, 2.75) is 84.8 Å². The molecule has 11 nitrogen and oxygen atoms in total. The molecule has 6 rings (SSSR count). The smallest absolute Gasteiger partial charge is 0.289 e. The lowest BCUT2D eigenvalue weighted by atomic mass is 9.44. The summed E-state index contributed by atoms with van der Waals surface area (Å²) in [5, 5.41) is 10.8. The van der Waals surface area contributed by atoms with E-state index < -0.39 is 47.1 Å². The lowest BCUT2D eigenvalue weighted by molar-refractivity contribution is -0.168. The van der Waals surface area contributed by atoms with Crippen LogP contribution in [0.25, 0.3) is 0 Å². The molecule has 4 aliphatic carbocycles. The van der Waals surface area contributed by atoms with Gasteiger partial charge in [-0.3, -0.25) is 28.8 Å². The van der Waals surface area contributed by atoms with E-state index >= 15 is 0 Å². The number of rotatable bonds is 9. The van der Waals surface area contributed by atoms with Gasteiger partial charge in [-0.15, -0.1) is 0 Å². The zero-order valence-electron chi connectivity index (χ0n) is 24.4. The summed E-state index contributed by atoms with van der Waals surface area (Å²) in [4.78, 5) is 80.2. The number of carbonyl (C=O) groups excluding carboxylic acids is 6. The average molecular weight is 558 g/mol. The van der Waals surface area contributed by atoms with Crippen LogP contribution in [0.4, 0.5) is 0 Å². The first-order valence-corrected chi connectivity index (χ1v) is 14.6. The number of likely N-dealkylation sites (tertiary alicyclic amines) is 1. The first-order valence-electron chi connectivity index (χ1n) is 14.6. The minimum absolute atomic E-state index is 0.00569. The summed E-state index contributed by atoms with van der Waals surface area (Å²) < 4.78 is 0. The van der Waals surface area contributed by atoms with E-state index in [2.05, 4.69) is 35.1 Å². The van der Waals surface area contributed by atoms with E-state index in [1.807, 2.05) is 20.8 Å². The molecule has 0 radical (unpaired) electrons. The highest BCUT2D eigenvalue weighted by Gasteiger charge is 2.70. The molecule has 6 fully saturated rings. The van der Waals surface area contributed by atoms with E-state index in [1.165, 1.54) is 7.05 Å². The highest BCUT2D eigenvalue weighted by atomic mass is 16.2. The summed E-state index contributed by atoms with van der Waals surface area (Å²) in [6.45, 7) is 10.7. The summed E-state index contributed by atoms with van der Waals surface area (Å²) in [7, 11) is 1.34. The quantitative estimate of drug-likeness (QED) is 0.296. The molecule has 2 heterocycles. The number of piperidine rings is 1. The molecule has 2 bridgehead atoms. The van der Waals surface area contributed by atoms with Gasteiger partial charge in [0.15, 0.2) is 0 Å². The molecule has 5 amide bonds. The lowest BCUT2D eigenvalue weighted by Gasteiger charge is -2.60. The summed E-state index contributed by atoms with van der Waals surface area (Å²) in [5.41, 5.74) is -1.11. The fraction of sp³-hybridized carbons (Fsp3) is 0.793. The summed E-state index contributed by atoms with van der Waals surface area (Å²) in [6.07, 6.45) is 3.13. The fourth-order valence-electron chi connectivity index (χ4n) is 7.59. The average Bonchev–Trinajstić information content (AvgIpc) is 3.17. The highest BCUT2D eigenvalue weighted by molar-refractivity contribution is 6.38. The van der Waals surface area contributed by atoms with Crippen LogP contribution in [0.3, 0.4) is 0 Å². The molecule has 6 aliphatic rings. The molecule has 220 valence electrons. The van der Waals surface area contributed by atoms with Crippen LogP contribution < -0.4 is 21.3 Å². The van der Waals surface area contributed by atoms with Crippen LogP contribution in [-0.2, 0) is 28.8 Å². The summed E-state index contributed by atoms with van der Waals surface area (Å²) >= 11 is 0. The Hall–Kier alpha value is -2.98. The third-order valence-electron chi connectivity index (χ3n) is 10.4. The molecular formula is C29H43N5O6. The number of ketones is 1. The number of carbonyl (C=O) groups is 6. The highest BCUT2D eigenvalue weighted by Crippen LogP contribution is 2.65. The van der Waals surface area contributed by atoms with Crippen LogP contribution in [0, 0.1) is 39.9 Å². The maximum Gasteiger partial charge on any atom is 0.289 e. The van der Waals surface area contributed by atoms with E-state index in [1.54, 1.807) is 4.90 Å². The predicted molar refractivity (Wildman–Crippen MR) is 144 cm³/mol. The van der Waals surface area contributed by atoms with Crippen molar-refractivity contribution in [1.82, 2.24) is 26.2 Å². The van der Waals surface area contributed by atoms with Crippen molar-refractivity contribution in [2.75, 3.05) is 20.1 Å². The Balaban J connectivity index is 1.36. The molecule has 2 saturated heterocycles. The van der Waals surface area contributed by atoms with Gasteiger partial charge in [-0.05, 0) is 60.7 Å². The van der Waals surface area contributed by atoms with Crippen molar-refractivity contribution in [1.29, 1.82) is 0 Å². The Morgan fingerprint density at radius 3 is 2.23 bits per heavy atom. The molecule has 4 saturated carbocycles. The molecular weight excluding hydrogens is 514 g/mol. The van der Waals surface area contributed by atoms with E-state index in [0.717, 1.165) is 19.3 Å². The van der Waals surface area contributed by atoms with Gasteiger partial charge in [-0.2, -0.15) is 0 Å². The number of nitrogens with zero attached hydrogens (tertiary/aromatic N) is 1. The number of hydrogen-bond donors (Lipinski definition) is 4. The first-order chi connectivity index (χ1) is 18.6.